The van der Waals surface area contributed by atoms with Crippen LogP contribution in [-0.4, -0.2) is 37.8 Å². The Hall–Kier alpha value is -2.39. The van der Waals surface area contributed by atoms with Crippen LogP contribution in [0.2, 0.25) is 0 Å². The summed E-state index contributed by atoms with van der Waals surface area (Å²) in [6, 6.07) is 10.4. The highest BCUT2D eigenvalue weighted by Gasteiger charge is 2.39. The maximum absolute atomic E-state index is 12.9. The summed E-state index contributed by atoms with van der Waals surface area (Å²) < 4.78 is 64.9. The van der Waals surface area contributed by atoms with E-state index in [9.17, 15) is 26.4 Å². The van der Waals surface area contributed by atoms with Gasteiger partial charge in [-0.15, -0.1) is 0 Å². The Labute approximate surface area is 173 Å². The summed E-state index contributed by atoms with van der Waals surface area (Å²) in [4.78, 5) is 12.7. The van der Waals surface area contributed by atoms with E-state index in [-0.39, 0.29) is 18.0 Å². The molecule has 0 aliphatic carbocycles. The summed E-state index contributed by atoms with van der Waals surface area (Å²) in [5, 5.41) is 2.71. The number of alkyl halides is 3. The predicted molar refractivity (Wildman–Crippen MR) is 106 cm³/mol. The fourth-order valence-electron chi connectivity index (χ4n) is 3.44. The van der Waals surface area contributed by atoms with Gasteiger partial charge in [-0.3, -0.25) is 4.79 Å². The van der Waals surface area contributed by atoms with Crippen LogP contribution in [0.15, 0.2) is 53.4 Å². The van der Waals surface area contributed by atoms with Crippen LogP contribution >= 0.6 is 0 Å². The van der Waals surface area contributed by atoms with Crippen LogP contribution in [0.5, 0.6) is 0 Å². The summed E-state index contributed by atoms with van der Waals surface area (Å²) in [5.74, 6) is -0.393. The molecule has 1 aliphatic rings. The van der Waals surface area contributed by atoms with Crippen molar-refractivity contribution < 1.29 is 26.4 Å². The molecule has 0 radical (unpaired) electrons. The zero-order valence-corrected chi connectivity index (χ0v) is 17.3. The molecule has 1 N–H and O–H groups in total. The van der Waals surface area contributed by atoms with Gasteiger partial charge in [0.05, 0.1) is 10.5 Å². The lowest BCUT2D eigenvalue weighted by atomic mass is 10.1. The van der Waals surface area contributed by atoms with E-state index in [1.54, 1.807) is 12.1 Å². The number of nitrogens with zero attached hydrogens (tertiary/aromatic N) is 1. The van der Waals surface area contributed by atoms with Crippen molar-refractivity contribution in [2.24, 2.45) is 0 Å². The monoisotopic (exact) mass is 440 g/mol. The van der Waals surface area contributed by atoms with Crippen molar-refractivity contribution in [1.29, 1.82) is 0 Å². The summed E-state index contributed by atoms with van der Waals surface area (Å²) in [5.41, 5.74) is 0.866. The second kappa shape index (κ2) is 8.77. The normalized spacial score (nSPS) is 17.8. The second-order valence-electron chi connectivity index (χ2n) is 7.32. The lowest BCUT2D eigenvalue weighted by Crippen LogP contribution is -2.46. The molecule has 0 aromatic heterocycles. The number of aryl methyl sites for hydroxylation is 1. The molecule has 1 unspecified atom stereocenters. The van der Waals surface area contributed by atoms with E-state index in [4.69, 9.17) is 0 Å². The molecule has 1 saturated heterocycles. The van der Waals surface area contributed by atoms with Gasteiger partial charge in [0.15, 0.2) is 0 Å². The van der Waals surface area contributed by atoms with Gasteiger partial charge in [-0.1, -0.05) is 29.8 Å². The van der Waals surface area contributed by atoms with Gasteiger partial charge in [0.1, 0.15) is 6.04 Å². The first kappa shape index (κ1) is 22.3. The number of hydrogen-bond donors (Lipinski definition) is 1. The number of amides is 1. The molecule has 0 saturated carbocycles. The SMILES string of the molecule is Cc1ccc(S(=O)(=O)N2CCCC2C(=O)NCCc2ccc(C(F)(F)F)cc2)cc1. The Kier molecular flexibility index (Phi) is 6.52. The van der Waals surface area contributed by atoms with Crippen molar-refractivity contribution in [2.75, 3.05) is 13.1 Å². The number of hydrogen-bond acceptors (Lipinski definition) is 3. The Morgan fingerprint density at radius 3 is 2.33 bits per heavy atom. The average Bonchev–Trinajstić information content (AvgIpc) is 3.19. The maximum atomic E-state index is 12.9. The van der Waals surface area contributed by atoms with Crippen molar-refractivity contribution in [1.82, 2.24) is 9.62 Å². The first-order chi connectivity index (χ1) is 14.1. The summed E-state index contributed by atoms with van der Waals surface area (Å²) in [6.45, 7) is 2.34. The molecule has 162 valence electrons. The molecule has 2 aromatic carbocycles. The van der Waals surface area contributed by atoms with Crippen LogP contribution in [0.25, 0.3) is 0 Å². The van der Waals surface area contributed by atoms with Crippen molar-refractivity contribution in [3.8, 4) is 0 Å². The molecule has 1 aliphatic heterocycles. The van der Waals surface area contributed by atoms with Gasteiger partial charge < -0.3 is 5.32 Å². The molecule has 2 aromatic rings. The number of rotatable bonds is 6. The fraction of sp³-hybridized carbons (Fsp3) is 0.381. The third-order valence-corrected chi connectivity index (χ3v) is 7.05. The van der Waals surface area contributed by atoms with Gasteiger partial charge in [0.25, 0.3) is 0 Å². The number of halogens is 3. The topological polar surface area (TPSA) is 66.5 Å². The van der Waals surface area contributed by atoms with Gasteiger partial charge in [-0.25, -0.2) is 8.42 Å². The van der Waals surface area contributed by atoms with Gasteiger partial charge in [-0.05, 0) is 56.0 Å². The van der Waals surface area contributed by atoms with E-state index in [1.165, 1.54) is 28.6 Å². The quantitative estimate of drug-likeness (QED) is 0.748. The van der Waals surface area contributed by atoms with E-state index in [1.807, 2.05) is 6.92 Å². The zero-order chi connectivity index (χ0) is 21.9. The predicted octanol–water partition coefficient (Wildman–Crippen LogP) is 3.53. The van der Waals surface area contributed by atoms with Crippen LogP contribution in [0, 0.1) is 6.92 Å². The van der Waals surface area contributed by atoms with E-state index < -0.39 is 33.7 Å². The fourth-order valence-corrected chi connectivity index (χ4v) is 5.10. The molecule has 1 fully saturated rings. The Bertz CT molecular complexity index is 988. The highest BCUT2D eigenvalue weighted by Crippen LogP contribution is 2.29. The molecule has 1 amide bonds. The van der Waals surface area contributed by atoms with Crippen LogP contribution in [0.1, 0.15) is 29.5 Å². The van der Waals surface area contributed by atoms with Gasteiger partial charge in [0, 0.05) is 13.1 Å². The molecule has 1 atom stereocenters. The molecule has 5 nitrogen and oxygen atoms in total. The first-order valence-corrected chi connectivity index (χ1v) is 11.1. The molecule has 9 heteroatoms. The minimum atomic E-state index is -4.39. The molecule has 0 bridgehead atoms. The third-order valence-electron chi connectivity index (χ3n) is 5.13. The molecule has 3 rings (SSSR count). The van der Waals surface area contributed by atoms with Crippen LogP contribution < -0.4 is 5.32 Å². The smallest absolute Gasteiger partial charge is 0.354 e. The minimum Gasteiger partial charge on any atom is -0.354 e. The maximum Gasteiger partial charge on any atom is 0.416 e. The zero-order valence-electron chi connectivity index (χ0n) is 16.4. The summed E-state index contributed by atoms with van der Waals surface area (Å²) in [7, 11) is -3.78. The van der Waals surface area contributed by atoms with Gasteiger partial charge in [-0.2, -0.15) is 17.5 Å². The largest absolute Gasteiger partial charge is 0.416 e. The van der Waals surface area contributed by atoms with E-state index >= 15 is 0 Å². The van der Waals surface area contributed by atoms with Gasteiger partial charge >= 0.3 is 6.18 Å². The first-order valence-electron chi connectivity index (χ1n) is 9.61. The van der Waals surface area contributed by atoms with Gasteiger partial charge in [0.2, 0.25) is 15.9 Å². The average molecular weight is 440 g/mol. The second-order valence-corrected chi connectivity index (χ2v) is 9.21. The van der Waals surface area contributed by atoms with Crippen LogP contribution in [-0.2, 0) is 27.4 Å². The summed E-state index contributed by atoms with van der Waals surface area (Å²) in [6.07, 6.45) is -3.03. The summed E-state index contributed by atoms with van der Waals surface area (Å²) >= 11 is 0. The van der Waals surface area contributed by atoms with Crippen LogP contribution in [0.3, 0.4) is 0 Å². The van der Waals surface area contributed by atoms with E-state index in [0.717, 1.165) is 17.7 Å². The molecular weight excluding hydrogens is 417 g/mol. The Balaban J connectivity index is 1.60. The van der Waals surface area contributed by atoms with E-state index in [2.05, 4.69) is 5.32 Å². The van der Waals surface area contributed by atoms with E-state index in [0.29, 0.717) is 24.8 Å². The van der Waals surface area contributed by atoms with Crippen LogP contribution in [0.4, 0.5) is 13.2 Å². The lowest BCUT2D eigenvalue weighted by molar-refractivity contribution is -0.137. The molecule has 0 spiro atoms. The molecular formula is C21H23F3N2O3S. The van der Waals surface area contributed by atoms with Crippen molar-refractivity contribution in [2.45, 2.75) is 43.3 Å². The molecule has 1 heterocycles. The van der Waals surface area contributed by atoms with Crippen molar-refractivity contribution in [3.05, 3.63) is 65.2 Å². The number of carbonyl (C=O) groups is 1. The number of carbonyl (C=O) groups excluding carboxylic acids is 1. The molecule has 30 heavy (non-hydrogen) atoms. The minimum absolute atomic E-state index is 0.151. The highest BCUT2D eigenvalue weighted by molar-refractivity contribution is 7.89. The Morgan fingerprint density at radius 2 is 1.73 bits per heavy atom. The lowest BCUT2D eigenvalue weighted by Gasteiger charge is -2.23. The standard InChI is InChI=1S/C21H23F3N2O3S/c1-15-4-10-18(11-5-15)30(28,29)26-14-2-3-19(26)20(27)25-13-12-16-6-8-17(9-7-16)21(22,23)24/h4-11,19H,2-3,12-14H2,1H3,(H,25,27). The number of nitrogens with one attached hydrogen (secondary N) is 1. The number of sulfonamides is 1. The van der Waals surface area contributed by atoms with Crippen molar-refractivity contribution in [3.63, 3.8) is 0 Å². The highest BCUT2D eigenvalue weighted by atomic mass is 32.2. The Morgan fingerprint density at radius 1 is 1.10 bits per heavy atom. The van der Waals surface area contributed by atoms with Crippen molar-refractivity contribution >= 4 is 15.9 Å². The third kappa shape index (κ3) is 5.02. The number of benzene rings is 2.